The van der Waals surface area contributed by atoms with Crippen molar-refractivity contribution in [1.29, 1.82) is 0 Å². The Morgan fingerprint density at radius 1 is 1.22 bits per heavy atom. The Balaban J connectivity index is 1.92. The third kappa shape index (κ3) is 4.90. The van der Waals surface area contributed by atoms with Crippen molar-refractivity contribution in [3.63, 3.8) is 0 Å². The summed E-state index contributed by atoms with van der Waals surface area (Å²) in [7, 11) is 1.68. The summed E-state index contributed by atoms with van der Waals surface area (Å²) in [6.45, 7) is 14.1. The number of carbonyl (C=O) groups excluding carboxylic acids is 1. The van der Waals surface area contributed by atoms with Crippen LogP contribution in [-0.4, -0.2) is 58.9 Å². The Labute approximate surface area is 215 Å². The molecule has 36 heavy (non-hydrogen) atoms. The van der Waals surface area contributed by atoms with Gasteiger partial charge < -0.3 is 19.1 Å². The molecule has 0 aliphatic carbocycles. The number of nitrogens with zero attached hydrogens (tertiary/aromatic N) is 3. The molecule has 1 aromatic heterocycles. The van der Waals surface area contributed by atoms with Gasteiger partial charge in [-0.2, -0.15) is 0 Å². The van der Waals surface area contributed by atoms with E-state index in [2.05, 4.69) is 50.5 Å². The van der Waals surface area contributed by atoms with Gasteiger partial charge >= 0.3 is 0 Å². The number of unbranched alkanes of at least 4 members (excludes halogenated alkanes) is 1. The lowest BCUT2D eigenvalue weighted by Crippen LogP contribution is -2.55. The van der Waals surface area contributed by atoms with Crippen LogP contribution in [0.15, 0.2) is 18.2 Å². The molecule has 7 nitrogen and oxygen atoms in total. The zero-order valence-corrected chi connectivity index (χ0v) is 22.9. The molecule has 1 amide bonds. The number of aryl methyl sites for hydroxylation is 1. The first kappa shape index (κ1) is 26.3. The highest BCUT2D eigenvalue weighted by Gasteiger charge is 2.38. The zero-order valence-electron chi connectivity index (χ0n) is 22.9. The van der Waals surface area contributed by atoms with Crippen LogP contribution in [0.25, 0.3) is 11.3 Å². The quantitative estimate of drug-likeness (QED) is 0.476. The molecule has 1 saturated heterocycles. The van der Waals surface area contributed by atoms with Gasteiger partial charge in [-0.15, -0.1) is 0 Å². The molecule has 0 unspecified atom stereocenters. The minimum atomic E-state index is -0.379. The molecule has 3 heterocycles. The van der Waals surface area contributed by atoms with Gasteiger partial charge in [0.15, 0.2) is 17.2 Å². The fraction of sp³-hybridized carbons (Fsp3) is 0.586. The fourth-order valence-electron chi connectivity index (χ4n) is 5.16. The van der Waals surface area contributed by atoms with Gasteiger partial charge in [-0.05, 0) is 70.6 Å². The standard InChI is InChI=1S/C29H41N3O4/c1-8-10-11-20(9-2)27-30-26(28(33)31-14-15-35-18-29(31,5)6)22-13-12-21-16-24(34-7)25(36-19(3)4)17-23(21)32(22)27/h11,16-17,19H,8-10,12-15,18H2,1-7H3/b20-11+. The summed E-state index contributed by atoms with van der Waals surface area (Å²) in [4.78, 5) is 21.0. The van der Waals surface area contributed by atoms with Crippen LogP contribution in [0.4, 0.5) is 0 Å². The SMILES string of the molecule is CCC/C=C(\CC)c1nc(C(=O)N2CCOCC2(C)C)c2n1-c1cc(OC(C)C)c(OC)cc1CC2. The molecule has 2 aliphatic heterocycles. The van der Waals surface area contributed by atoms with Crippen LogP contribution < -0.4 is 9.47 Å². The van der Waals surface area contributed by atoms with Crippen molar-refractivity contribution in [2.45, 2.75) is 85.3 Å². The number of allylic oxidation sites excluding steroid dienone is 2. The maximum atomic E-state index is 14.0. The smallest absolute Gasteiger partial charge is 0.274 e. The second-order valence-electron chi connectivity index (χ2n) is 10.6. The van der Waals surface area contributed by atoms with Gasteiger partial charge in [0.25, 0.3) is 5.91 Å². The fourth-order valence-corrected chi connectivity index (χ4v) is 5.16. The average molecular weight is 496 g/mol. The summed E-state index contributed by atoms with van der Waals surface area (Å²) in [6.07, 6.45) is 6.71. The van der Waals surface area contributed by atoms with E-state index in [1.54, 1.807) is 7.11 Å². The second-order valence-corrected chi connectivity index (χ2v) is 10.6. The van der Waals surface area contributed by atoms with Gasteiger partial charge in [-0.3, -0.25) is 9.36 Å². The minimum Gasteiger partial charge on any atom is -0.493 e. The Bertz CT molecular complexity index is 1150. The third-order valence-corrected chi connectivity index (χ3v) is 7.01. The van der Waals surface area contributed by atoms with E-state index in [4.69, 9.17) is 19.2 Å². The molecule has 0 saturated carbocycles. The van der Waals surface area contributed by atoms with Gasteiger partial charge in [0.05, 0.1) is 43.3 Å². The van der Waals surface area contributed by atoms with Crippen molar-refractivity contribution in [2.24, 2.45) is 0 Å². The molecule has 0 N–H and O–H groups in total. The van der Waals surface area contributed by atoms with Crippen molar-refractivity contribution >= 4 is 11.5 Å². The second kappa shape index (κ2) is 10.7. The maximum absolute atomic E-state index is 14.0. The predicted molar refractivity (Wildman–Crippen MR) is 142 cm³/mol. The van der Waals surface area contributed by atoms with Crippen LogP contribution in [0.3, 0.4) is 0 Å². The summed E-state index contributed by atoms with van der Waals surface area (Å²) in [5.41, 5.74) is 4.51. The molecule has 0 radical (unpaired) electrons. The number of ether oxygens (including phenoxy) is 3. The predicted octanol–water partition coefficient (Wildman–Crippen LogP) is 5.61. The van der Waals surface area contributed by atoms with Gasteiger partial charge in [-0.1, -0.05) is 26.3 Å². The van der Waals surface area contributed by atoms with Gasteiger partial charge in [0.2, 0.25) is 0 Å². The number of carbonyl (C=O) groups is 1. The summed E-state index contributed by atoms with van der Waals surface area (Å²) in [6, 6.07) is 4.13. The lowest BCUT2D eigenvalue weighted by Gasteiger charge is -2.41. The van der Waals surface area contributed by atoms with E-state index in [0.29, 0.717) is 31.2 Å². The van der Waals surface area contributed by atoms with Crippen LogP contribution in [0.2, 0.25) is 0 Å². The monoisotopic (exact) mass is 495 g/mol. The number of methoxy groups -OCH3 is 1. The molecule has 0 spiro atoms. The highest BCUT2D eigenvalue weighted by atomic mass is 16.5. The topological polar surface area (TPSA) is 65.8 Å². The Morgan fingerprint density at radius 2 is 2.00 bits per heavy atom. The molecule has 1 fully saturated rings. The van der Waals surface area contributed by atoms with Crippen LogP contribution >= 0.6 is 0 Å². The maximum Gasteiger partial charge on any atom is 0.274 e. The summed E-state index contributed by atoms with van der Waals surface area (Å²) < 4.78 is 19.7. The van der Waals surface area contributed by atoms with Gasteiger partial charge in [-0.25, -0.2) is 4.98 Å². The minimum absolute atomic E-state index is 0.0126. The van der Waals surface area contributed by atoms with E-state index in [1.165, 1.54) is 5.56 Å². The number of rotatable bonds is 8. The number of fused-ring (bicyclic) bond motifs is 3. The number of amides is 1. The van der Waals surface area contributed by atoms with Gasteiger partial charge in [0.1, 0.15) is 5.82 Å². The van der Waals surface area contributed by atoms with E-state index in [9.17, 15) is 4.79 Å². The average Bonchev–Trinajstić information content (AvgIpc) is 3.23. The largest absolute Gasteiger partial charge is 0.493 e. The molecule has 2 aromatic rings. The van der Waals surface area contributed by atoms with E-state index in [1.807, 2.05) is 18.7 Å². The molecule has 196 valence electrons. The number of aromatic nitrogens is 2. The molecule has 1 aromatic carbocycles. The molecular weight excluding hydrogens is 454 g/mol. The normalized spacial score (nSPS) is 17.1. The number of morpholine rings is 1. The third-order valence-electron chi connectivity index (χ3n) is 7.01. The lowest BCUT2D eigenvalue weighted by atomic mass is 9.97. The molecular formula is C29H41N3O4. The number of hydrogen-bond acceptors (Lipinski definition) is 5. The molecule has 4 rings (SSSR count). The molecule has 0 bridgehead atoms. The molecule has 2 aliphatic rings. The van der Waals surface area contributed by atoms with E-state index in [0.717, 1.165) is 60.6 Å². The number of hydrogen-bond donors (Lipinski definition) is 0. The van der Waals surface area contributed by atoms with Crippen molar-refractivity contribution in [3.05, 3.63) is 41.0 Å². The van der Waals surface area contributed by atoms with Crippen LogP contribution in [0.1, 0.15) is 88.4 Å². The Morgan fingerprint density at radius 3 is 2.64 bits per heavy atom. The zero-order chi connectivity index (χ0) is 26.0. The first-order valence-electron chi connectivity index (χ1n) is 13.3. The van der Waals surface area contributed by atoms with Crippen LogP contribution in [0.5, 0.6) is 11.5 Å². The summed E-state index contributed by atoms with van der Waals surface area (Å²) in [5, 5.41) is 0. The molecule has 0 atom stereocenters. The first-order chi connectivity index (χ1) is 17.2. The Kier molecular flexibility index (Phi) is 7.79. The summed E-state index contributed by atoms with van der Waals surface area (Å²) in [5.74, 6) is 2.28. The first-order valence-corrected chi connectivity index (χ1v) is 13.3. The number of benzene rings is 1. The van der Waals surface area contributed by atoms with Crippen LogP contribution in [0, 0.1) is 0 Å². The lowest BCUT2D eigenvalue weighted by molar-refractivity contribution is -0.0373. The van der Waals surface area contributed by atoms with Crippen molar-refractivity contribution in [3.8, 4) is 17.2 Å². The Hall–Kier alpha value is -2.80. The van der Waals surface area contributed by atoms with E-state index < -0.39 is 0 Å². The highest BCUT2D eigenvalue weighted by Crippen LogP contribution is 2.40. The van der Waals surface area contributed by atoms with Crippen LogP contribution in [-0.2, 0) is 17.6 Å². The van der Waals surface area contributed by atoms with Crippen molar-refractivity contribution in [2.75, 3.05) is 26.9 Å². The van der Waals surface area contributed by atoms with E-state index >= 15 is 0 Å². The molecule has 7 heteroatoms. The van der Waals surface area contributed by atoms with Gasteiger partial charge in [0, 0.05) is 12.6 Å². The van der Waals surface area contributed by atoms with E-state index in [-0.39, 0.29) is 17.6 Å². The summed E-state index contributed by atoms with van der Waals surface area (Å²) >= 11 is 0. The van der Waals surface area contributed by atoms with Crippen molar-refractivity contribution in [1.82, 2.24) is 14.5 Å². The van der Waals surface area contributed by atoms with Crippen molar-refractivity contribution < 1.29 is 19.0 Å². The number of imidazole rings is 1. The highest BCUT2D eigenvalue weighted by molar-refractivity contribution is 5.95.